The molecule has 2 rings (SSSR count). The third kappa shape index (κ3) is 3.13. The molecule has 0 spiro atoms. The number of carboxylic acid groups (broad SMARTS) is 1. The molecule has 0 aliphatic heterocycles. The molecule has 2 N–H and O–H groups in total. The number of carbonyl (C=O) groups is 2. The number of benzene rings is 1. The molecular weight excluding hydrogens is 270 g/mol. The highest BCUT2D eigenvalue weighted by atomic mass is 16.4. The van der Waals surface area contributed by atoms with Crippen molar-refractivity contribution in [1.82, 2.24) is 5.32 Å². The van der Waals surface area contributed by atoms with E-state index in [1.807, 2.05) is 26.0 Å². The summed E-state index contributed by atoms with van der Waals surface area (Å²) in [7, 11) is 0. The summed E-state index contributed by atoms with van der Waals surface area (Å²) in [5.41, 5.74) is 2.70. The Labute approximate surface area is 122 Å². The number of furan rings is 1. The lowest BCUT2D eigenvalue weighted by atomic mass is 10.0. The van der Waals surface area contributed by atoms with Crippen LogP contribution in [0.25, 0.3) is 0 Å². The van der Waals surface area contributed by atoms with Crippen LogP contribution in [-0.2, 0) is 6.54 Å². The molecule has 0 unspecified atom stereocenters. The minimum absolute atomic E-state index is 0.117. The van der Waals surface area contributed by atoms with Gasteiger partial charge in [-0.1, -0.05) is 12.1 Å². The van der Waals surface area contributed by atoms with Crippen LogP contribution in [0.1, 0.15) is 43.4 Å². The average molecular weight is 287 g/mol. The fraction of sp³-hybridized carbons (Fsp3) is 0.250. The van der Waals surface area contributed by atoms with E-state index in [4.69, 9.17) is 9.52 Å². The monoisotopic (exact) mass is 287 g/mol. The Morgan fingerprint density at radius 2 is 1.90 bits per heavy atom. The van der Waals surface area contributed by atoms with Crippen molar-refractivity contribution in [3.63, 3.8) is 0 Å². The summed E-state index contributed by atoms with van der Waals surface area (Å²) in [6, 6.07) is 6.97. The summed E-state index contributed by atoms with van der Waals surface area (Å²) in [5, 5.41) is 11.7. The van der Waals surface area contributed by atoms with Crippen LogP contribution in [0, 0.1) is 20.8 Å². The van der Waals surface area contributed by atoms with Gasteiger partial charge >= 0.3 is 5.97 Å². The quantitative estimate of drug-likeness (QED) is 0.906. The van der Waals surface area contributed by atoms with E-state index in [9.17, 15) is 9.59 Å². The Morgan fingerprint density at radius 3 is 2.52 bits per heavy atom. The lowest BCUT2D eigenvalue weighted by Gasteiger charge is -2.08. The molecule has 110 valence electrons. The number of nitrogens with one attached hydrogen (secondary N) is 1. The number of rotatable bonds is 4. The summed E-state index contributed by atoms with van der Waals surface area (Å²) >= 11 is 0. The van der Waals surface area contributed by atoms with Crippen LogP contribution in [0.3, 0.4) is 0 Å². The van der Waals surface area contributed by atoms with Gasteiger partial charge in [0.2, 0.25) is 0 Å². The van der Waals surface area contributed by atoms with Crippen molar-refractivity contribution in [2.45, 2.75) is 27.3 Å². The molecule has 21 heavy (non-hydrogen) atoms. The molecule has 0 bridgehead atoms. The Balaban J connectivity index is 2.09. The van der Waals surface area contributed by atoms with Crippen LogP contribution in [-0.4, -0.2) is 17.0 Å². The van der Waals surface area contributed by atoms with Gasteiger partial charge in [-0.25, -0.2) is 4.79 Å². The van der Waals surface area contributed by atoms with Gasteiger partial charge < -0.3 is 14.8 Å². The Kier molecular flexibility index (Phi) is 4.12. The molecule has 1 heterocycles. The summed E-state index contributed by atoms with van der Waals surface area (Å²) in [6.07, 6.45) is 0. The lowest BCUT2D eigenvalue weighted by molar-refractivity contribution is 0.0694. The predicted octanol–water partition coefficient (Wildman–Crippen LogP) is 2.83. The zero-order valence-corrected chi connectivity index (χ0v) is 12.2. The first-order valence-electron chi connectivity index (χ1n) is 6.57. The molecule has 1 amide bonds. The van der Waals surface area contributed by atoms with Gasteiger partial charge in [-0.15, -0.1) is 0 Å². The SMILES string of the molecule is Cc1cccc(C(=O)NCc2cc(C(=O)O)c(C)o2)c1C. The van der Waals surface area contributed by atoms with Gasteiger partial charge in [0.15, 0.2) is 0 Å². The maximum absolute atomic E-state index is 12.1. The van der Waals surface area contributed by atoms with E-state index in [0.717, 1.165) is 11.1 Å². The second kappa shape index (κ2) is 5.83. The second-order valence-electron chi connectivity index (χ2n) is 4.92. The van der Waals surface area contributed by atoms with Crippen LogP contribution >= 0.6 is 0 Å². The number of carboxylic acids is 1. The summed E-state index contributed by atoms with van der Waals surface area (Å²) in [4.78, 5) is 23.1. The molecule has 1 aromatic carbocycles. The van der Waals surface area contributed by atoms with Gasteiger partial charge in [0.1, 0.15) is 17.1 Å². The fourth-order valence-corrected chi connectivity index (χ4v) is 2.10. The molecule has 5 heteroatoms. The number of hydrogen-bond donors (Lipinski definition) is 2. The van der Waals surface area contributed by atoms with Crippen LogP contribution in [0.5, 0.6) is 0 Å². The molecule has 0 aliphatic carbocycles. The first-order chi connectivity index (χ1) is 9.90. The Hall–Kier alpha value is -2.56. The summed E-state index contributed by atoms with van der Waals surface area (Å²) < 4.78 is 5.32. The van der Waals surface area contributed by atoms with Gasteiger partial charge in [0.05, 0.1) is 6.54 Å². The third-order valence-electron chi connectivity index (χ3n) is 3.47. The van der Waals surface area contributed by atoms with E-state index in [-0.39, 0.29) is 18.0 Å². The minimum Gasteiger partial charge on any atom is -0.478 e. The van der Waals surface area contributed by atoms with Gasteiger partial charge in [0.25, 0.3) is 5.91 Å². The topological polar surface area (TPSA) is 79.5 Å². The summed E-state index contributed by atoms with van der Waals surface area (Å²) in [5.74, 6) is -0.493. The fourth-order valence-electron chi connectivity index (χ4n) is 2.10. The Bertz CT molecular complexity index is 700. The lowest BCUT2D eigenvalue weighted by Crippen LogP contribution is -2.23. The molecule has 0 saturated carbocycles. The second-order valence-corrected chi connectivity index (χ2v) is 4.92. The molecule has 5 nitrogen and oxygen atoms in total. The van der Waals surface area contributed by atoms with Crippen molar-refractivity contribution in [3.05, 3.63) is 58.0 Å². The molecule has 2 aromatic rings. The first kappa shape index (κ1) is 14.8. The number of hydrogen-bond acceptors (Lipinski definition) is 3. The Morgan fingerprint density at radius 1 is 1.19 bits per heavy atom. The molecule has 1 aromatic heterocycles. The van der Waals surface area contributed by atoms with Gasteiger partial charge in [-0.05, 0) is 44.0 Å². The van der Waals surface area contributed by atoms with E-state index >= 15 is 0 Å². The van der Waals surface area contributed by atoms with Gasteiger partial charge in [-0.3, -0.25) is 4.79 Å². The molecule has 0 radical (unpaired) electrons. The largest absolute Gasteiger partial charge is 0.478 e. The zero-order chi connectivity index (χ0) is 15.6. The van der Waals surface area contributed by atoms with E-state index in [2.05, 4.69) is 5.32 Å². The highest BCUT2D eigenvalue weighted by molar-refractivity contribution is 5.95. The van der Waals surface area contributed by atoms with Crippen molar-refractivity contribution < 1.29 is 19.1 Å². The smallest absolute Gasteiger partial charge is 0.339 e. The maximum atomic E-state index is 12.1. The van der Waals surface area contributed by atoms with Gasteiger partial charge in [0, 0.05) is 5.56 Å². The van der Waals surface area contributed by atoms with Crippen molar-refractivity contribution in [2.24, 2.45) is 0 Å². The number of amides is 1. The van der Waals surface area contributed by atoms with Crippen molar-refractivity contribution in [2.75, 3.05) is 0 Å². The van der Waals surface area contributed by atoms with Crippen LogP contribution in [0.15, 0.2) is 28.7 Å². The van der Waals surface area contributed by atoms with Crippen molar-refractivity contribution in [1.29, 1.82) is 0 Å². The summed E-state index contributed by atoms with van der Waals surface area (Å²) in [6.45, 7) is 5.57. The zero-order valence-electron chi connectivity index (χ0n) is 12.2. The average Bonchev–Trinajstić information content (AvgIpc) is 2.80. The predicted molar refractivity (Wildman–Crippen MR) is 77.5 cm³/mol. The molecular formula is C16H17NO4. The normalized spacial score (nSPS) is 10.4. The van der Waals surface area contributed by atoms with E-state index in [1.165, 1.54) is 6.07 Å². The van der Waals surface area contributed by atoms with E-state index in [1.54, 1.807) is 13.0 Å². The number of carbonyl (C=O) groups excluding carboxylic acids is 1. The van der Waals surface area contributed by atoms with Crippen LogP contribution in [0.4, 0.5) is 0 Å². The third-order valence-corrected chi connectivity index (χ3v) is 3.47. The standard InChI is InChI=1S/C16H17NO4/c1-9-5-4-6-13(10(9)2)15(18)17-8-12-7-14(16(19)20)11(3)21-12/h4-7H,8H2,1-3H3,(H,17,18)(H,19,20). The molecule has 0 aliphatic rings. The van der Waals surface area contributed by atoms with Crippen molar-refractivity contribution >= 4 is 11.9 Å². The highest BCUT2D eigenvalue weighted by Crippen LogP contribution is 2.16. The molecule has 0 atom stereocenters. The molecule has 0 fully saturated rings. The highest BCUT2D eigenvalue weighted by Gasteiger charge is 2.15. The van der Waals surface area contributed by atoms with Gasteiger partial charge in [-0.2, -0.15) is 0 Å². The first-order valence-corrected chi connectivity index (χ1v) is 6.57. The van der Waals surface area contributed by atoms with E-state index < -0.39 is 5.97 Å². The number of aryl methyl sites for hydroxylation is 2. The number of aromatic carboxylic acids is 1. The molecule has 0 saturated heterocycles. The minimum atomic E-state index is -1.04. The maximum Gasteiger partial charge on any atom is 0.339 e. The van der Waals surface area contributed by atoms with Crippen LogP contribution < -0.4 is 5.32 Å². The van der Waals surface area contributed by atoms with E-state index in [0.29, 0.717) is 17.1 Å². The van der Waals surface area contributed by atoms with Crippen molar-refractivity contribution in [3.8, 4) is 0 Å². The van der Waals surface area contributed by atoms with Crippen LogP contribution in [0.2, 0.25) is 0 Å².